The van der Waals surface area contributed by atoms with Crippen LogP contribution >= 0.6 is 0 Å². The fraction of sp³-hybridized carbons (Fsp3) is 1.00. The molecule has 1 heteroatoms. The molecule has 0 fully saturated rings. The Morgan fingerprint density at radius 1 is 0.240 bits per heavy atom. The molecule has 0 atom stereocenters. The maximum Gasteiger partial charge on any atom is -0.0533 e. The lowest BCUT2D eigenvalue weighted by molar-refractivity contribution is 0.562. The Balaban J connectivity index is -0.000000372. The van der Waals surface area contributed by atoms with Crippen molar-refractivity contribution in [3.63, 3.8) is 0 Å². The van der Waals surface area contributed by atoms with Crippen molar-refractivity contribution >= 4 is 0 Å². The van der Waals surface area contributed by atoms with Crippen LogP contribution in [0, 0.1) is 0 Å². The molecule has 0 saturated carbocycles. The zero-order valence-electron chi connectivity index (χ0n) is 18.6. The molecule has 0 aliphatic rings. The highest BCUT2D eigenvalue weighted by atomic mass is 16.0. The largest absolute Gasteiger partial charge is 0.412 e. The van der Waals surface area contributed by atoms with Gasteiger partial charge >= 0.3 is 0 Å². The lowest BCUT2D eigenvalue weighted by Gasteiger charge is -1.99. The second-order valence-electron chi connectivity index (χ2n) is 7.66. The van der Waals surface area contributed by atoms with Gasteiger partial charge in [0.05, 0.1) is 0 Å². The molecule has 1 nitrogen and oxygen atoms in total. The van der Waals surface area contributed by atoms with E-state index in [0.717, 1.165) is 0 Å². The summed E-state index contributed by atoms with van der Waals surface area (Å²) in [6.45, 7) is 9.12. The fourth-order valence-electron chi connectivity index (χ4n) is 3.12. The first-order valence-corrected chi connectivity index (χ1v) is 11.8. The van der Waals surface area contributed by atoms with Crippen LogP contribution in [0.2, 0.25) is 0 Å². The van der Waals surface area contributed by atoms with Crippen LogP contribution in [0.5, 0.6) is 0 Å². The van der Waals surface area contributed by atoms with E-state index in [1.165, 1.54) is 128 Å². The Morgan fingerprint density at radius 2 is 0.360 bits per heavy atom. The predicted octanol–water partition coefficient (Wildman–Crippen LogP) is 9.03. The van der Waals surface area contributed by atoms with E-state index in [1.54, 1.807) is 0 Å². The van der Waals surface area contributed by atoms with Gasteiger partial charge in [-0.25, -0.2) is 0 Å². The van der Waals surface area contributed by atoms with Crippen molar-refractivity contribution < 1.29 is 5.48 Å². The van der Waals surface area contributed by atoms with Gasteiger partial charge in [0.15, 0.2) is 0 Å². The van der Waals surface area contributed by atoms with Crippen molar-refractivity contribution in [1.29, 1.82) is 0 Å². The molecular formula is C24H54O. The Kier molecular flexibility index (Phi) is 37.7. The van der Waals surface area contributed by atoms with E-state index in [2.05, 4.69) is 27.7 Å². The molecule has 156 valence electrons. The van der Waals surface area contributed by atoms with E-state index < -0.39 is 0 Å². The van der Waals surface area contributed by atoms with Gasteiger partial charge in [-0.3, -0.25) is 0 Å². The molecule has 0 aromatic carbocycles. The van der Waals surface area contributed by atoms with Crippen LogP contribution in [0.1, 0.15) is 156 Å². The molecule has 0 aliphatic heterocycles. The van der Waals surface area contributed by atoms with Crippen LogP contribution in [0.25, 0.3) is 0 Å². The number of hydrogen-bond donors (Lipinski definition) is 0. The first-order chi connectivity index (χ1) is 11.8. The third kappa shape index (κ3) is 35.8. The van der Waals surface area contributed by atoms with E-state index in [0.29, 0.717) is 0 Å². The molecule has 0 unspecified atom stereocenters. The summed E-state index contributed by atoms with van der Waals surface area (Å²) in [5, 5.41) is 0. The predicted molar refractivity (Wildman–Crippen MR) is 119 cm³/mol. The normalized spacial score (nSPS) is 10.1. The van der Waals surface area contributed by atoms with Gasteiger partial charge in [-0.05, 0) is 0 Å². The summed E-state index contributed by atoms with van der Waals surface area (Å²) in [7, 11) is 0. The maximum atomic E-state index is 2.28. The Bertz CT molecular complexity index is 139. The van der Waals surface area contributed by atoms with Gasteiger partial charge in [0.1, 0.15) is 0 Å². The van der Waals surface area contributed by atoms with Crippen LogP contribution in [0.4, 0.5) is 0 Å². The summed E-state index contributed by atoms with van der Waals surface area (Å²) in [5.74, 6) is 0. The molecule has 25 heavy (non-hydrogen) atoms. The first kappa shape index (κ1) is 29.7. The van der Waals surface area contributed by atoms with E-state index in [1.807, 2.05) is 0 Å². The topological polar surface area (TPSA) is 31.5 Å². The van der Waals surface area contributed by atoms with Gasteiger partial charge in [0.25, 0.3) is 0 Å². The maximum absolute atomic E-state index is 2.28. The third-order valence-electron chi connectivity index (χ3n) is 4.91. The van der Waals surface area contributed by atoms with Gasteiger partial charge < -0.3 is 5.48 Å². The molecule has 0 spiro atoms. The summed E-state index contributed by atoms with van der Waals surface area (Å²) in [5.41, 5.74) is 0. The van der Waals surface area contributed by atoms with Crippen molar-refractivity contribution in [2.24, 2.45) is 0 Å². The average Bonchev–Trinajstić information content (AvgIpc) is 2.60. The Labute approximate surface area is 162 Å². The quantitative estimate of drug-likeness (QED) is 0.219. The standard InChI is InChI=1S/2C12H26.H2O/c2*1-3-5-7-9-11-12-10-8-6-4-2;/h2*3-12H2,1-2H3;1H2. The van der Waals surface area contributed by atoms with E-state index in [4.69, 9.17) is 0 Å². The Hall–Kier alpha value is -0.0400. The summed E-state index contributed by atoms with van der Waals surface area (Å²) < 4.78 is 0. The van der Waals surface area contributed by atoms with E-state index in [-0.39, 0.29) is 5.48 Å². The minimum atomic E-state index is 0. The minimum Gasteiger partial charge on any atom is -0.412 e. The van der Waals surface area contributed by atoms with Gasteiger partial charge in [0.2, 0.25) is 0 Å². The smallest absolute Gasteiger partial charge is 0.0533 e. The van der Waals surface area contributed by atoms with Crippen LogP contribution in [-0.2, 0) is 0 Å². The summed E-state index contributed by atoms with van der Waals surface area (Å²) >= 11 is 0. The molecule has 0 rings (SSSR count). The van der Waals surface area contributed by atoms with Crippen molar-refractivity contribution in [2.75, 3.05) is 0 Å². The molecule has 0 aliphatic carbocycles. The highest BCUT2D eigenvalue weighted by Crippen LogP contribution is 2.10. The molecular weight excluding hydrogens is 304 g/mol. The molecule has 0 aromatic rings. The van der Waals surface area contributed by atoms with E-state index in [9.17, 15) is 0 Å². The molecule has 0 radical (unpaired) electrons. The number of rotatable bonds is 18. The van der Waals surface area contributed by atoms with Crippen LogP contribution in [0.3, 0.4) is 0 Å². The minimum absolute atomic E-state index is 0. The van der Waals surface area contributed by atoms with Crippen LogP contribution < -0.4 is 0 Å². The second kappa shape index (κ2) is 31.7. The second-order valence-corrected chi connectivity index (χ2v) is 7.66. The van der Waals surface area contributed by atoms with Crippen molar-refractivity contribution in [3.8, 4) is 0 Å². The highest BCUT2D eigenvalue weighted by molar-refractivity contribution is 4.46. The monoisotopic (exact) mass is 358 g/mol. The highest BCUT2D eigenvalue weighted by Gasteiger charge is 1.91. The van der Waals surface area contributed by atoms with Crippen LogP contribution in [-0.4, -0.2) is 5.48 Å². The van der Waals surface area contributed by atoms with Gasteiger partial charge in [-0.1, -0.05) is 156 Å². The number of unbranched alkanes of at least 4 members (excludes halogenated alkanes) is 18. The lowest BCUT2D eigenvalue weighted by atomic mass is 10.1. The fourth-order valence-corrected chi connectivity index (χ4v) is 3.12. The first-order valence-electron chi connectivity index (χ1n) is 11.8. The zero-order chi connectivity index (χ0) is 18.1. The molecule has 0 heterocycles. The van der Waals surface area contributed by atoms with E-state index >= 15 is 0 Å². The summed E-state index contributed by atoms with van der Waals surface area (Å²) in [6, 6.07) is 0. The zero-order valence-corrected chi connectivity index (χ0v) is 18.6. The van der Waals surface area contributed by atoms with Gasteiger partial charge in [-0.15, -0.1) is 0 Å². The van der Waals surface area contributed by atoms with Crippen molar-refractivity contribution in [1.82, 2.24) is 0 Å². The average molecular weight is 359 g/mol. The van der Waals surface area contributed by atoms with Crippen molar-refractivity contribution in [3.05, 3.63) is 0 Å². The van der Waals surface area contributed by atoms with Gasteiger partial charge in [-0.2, -0.15) is 0 Å². The van der Waals surface area contributed by atoms with Gasteiger partial charge in [0, 0.05) is 0 Å². The van der Waals surface area contributed by atoms with Crippen LogP contribution in [0.15, 0.2) is 0 Å². The lowest BCUT2D eigenvalue weighted by Crippen LogP contribution is -1.80. The molecule has 2 N–H and O–H groups in total. The number of hydrogen-bond acceptors (Lipinski definition) is 0. The van der Waals surface area contributed by atoms with Crippen molar-refractivity contribution in [2.45, 2.75) is 156 Å². The molecule has 0 amide bonds. The molecule has 0 aromatic heterocycles. The summed E-state index contributed by atoms with van der Waals surface area (Å²) in [4.78, 5) is 0. The molecule has 0 saturated heterocycles. The Morgan fingerprint density at radius 3 is 0.480 bits per heavy atom. The SMILES string of the molecule is CCCCCCCCCCCC.CCCCCCCCCCCC.O. The molecule has 0 bridgehead atoms. The third-order valence-corrected chi connectivity index (χ3v) is 4.91. The summed E-state index contributed by atoms with van der Waals surface area (Å²) in [6.07, 6.45) is 28.9.